The smallest absolute Gasteiger partial charge is 0.241 e. The number of carbonyl (C=O) groups is 1. The Hall–Kier alpha value is -1.35. The molecule has 3 nitrogen and oxygen atoms in total. The Kier molecular flexibility index (Phi) is 4.48. The molecule has 2 N–H and O–H groups in total. The van der Waals surface area contributed by atoms with Gasteiger partial charge in [-0.1, -0.05) is 45.9 Å². The molecular formula is C17H26N2O. The zero-order chi connectivity index (χ0) is 14.8. The van der Waals surface area contributed by atoms with Crippen LogP contribution in [0.4, 0.5) is 5.69 Å². The van der Waals surface area contributed by atoms with Crippen LogP contribution in [-0.2, 0) is 11.2 Å². The topological polar surface area (TPSA) is 41.1 Å². The molecule has 1 aliphatic rings. The van der Waals surface area contributed by atoms with Crippen LogP contribution < -0.4 is 10.6 Å². The summed E-state index contributed by atoms with van der Waals surface area (Å²) in [5.41, 5.74) is 2.39. The zero-order valence-corrected chi connectivity index (χ0v) is 13.0. The highest BCUT2D eigenvalue weighted by Crippen LogP contribution is 2.26. The molecule has 110 valence electrons. The number of hydrogen-bond donors (Lipinski definition) is 2. The largest absolute Gasteiger partial charge is 0.324 e. The molecule has 1 atom stereocenters. The minimum atomic E-state index is -0.0968. The zero-order valence-electron chi connectivity index (χ0n) is 13.0. The minimum Gasteiger partial charge on any atom is -0.324 e. The number of hydrogen-bond acceptors (Lipinski definition) is 2. The monoisotopic (exact) mass is 274 g/mol. The van der Waals surface area contributed by atoms with Gasteiger partial charge < -0.3 is 10.6 Å². The van der Waals surface area contributed by atoms with Crippen molar-refractivity contribution < 1.29 is 4.79 Å². The summed E-state index contributed by atoms with van der Waals surface area (Å²) in [6.45, 7) is 9.80. The molecule has 0 radical (unpaired) electrons. The summed E-state index contributed by atoms with van der Waals surface area (Å²) >= 11 is 0. The summed E-state index contributed by atoms with van der Waals surface area (Å²) in [7, 11) is 0. The molecule has 3 heteroatoms. The van der Waals surface area contributed by atoms with E-state index in [0.717, 1.165) is 25.1 Å². The van der Waals surface area contributed by atoms with Gasteiger partial charge in [-0.2, -0.15) is 0 Å². The van der Waals surface area contributed by atoms with Crippen molar-refractivity contribution in [3.8, 4) is 0 Å². The molecule has 1 aromatic carbocycles. The second-order valence-electron chi connectivity index (χ2n) is 6.76. The highest BCUT2D eigenvalue weighted by atomic mass is 16.2. The fraction of sp³-hybridized carbons (Fsp3) is 0.588. The van der Waals surface area contributed by atoms with E-state index >= 15 is 0 Å². The molecule has 1 unspecified atom stereocenters. The van der Waals surface area contributed by atoms with E-state index in [9.17, 15) is 4.79 Å². The van der Waals surface area contributed by atoms with E-state index in [2.05, 4.69) is 44.4 Å². The van der Waals surface area contributed by atoms with E-state index < -0.39 is 0 Å². The van der Waals surface area contributed by atoms with Gasteiger partial charge in [-0.05, 0) is 35.8 Å². The lowest BCUT2D eigenvalue weighted by molar-refractivity contribution is -0.118. The number of anilines is 1. The van der Waals surface area contributed by atoms with Crippen LogP contribution in [0, 0.1) is 11.3 Å². The first-order valence-corrected chi connectivity index (χ1v) is 7.52. The van der Waals surface area contributed by atoms with Gasteiger partial charge in [-0.25, -0.2) is 0 Å². The standard InChI is InChI=1S/C17H26N2O/c1-12(2)17(3,4)11-18-15-10-9-13-7-5-6-8-14(13)19-16(15)20/h5-8,12,15,18H,9-11H2,1-4H3,(H,19,20). The SMILES string of the molecule is CC(C)C(C)(C)CNC1CCc2ccccc2NC1=O. The van der Waals surface area contributed by atoms with Crippen molar-refractivity contribution >= 4 is 11.6 Å². The molecule has 0 saturated carbocycles. The van der Waals surface area contributed by atoms with Crippen LogP contribution in [0.3, 0.4) is 0 Å². The maximum atomic E-state index is 12.3. The van der Waals surface area contributed by atoms with Crippen molar-refractivity contribution in [3.05, 3.63) is 29.8 Å². The molecule has 0 spiro atoms. The third-order valence-electron chi connectivity index (χ3n) is 4.66. The van der Waals surface area contributed by atoms with Crippen LogP contribution >= 0.6 is 0 Å². The molecule has 0 fully saturated rings. The highest BCUT2D eigenvalue weighted by Gasteiger charge is 2.27. The summed E-state index contributed by atoms with van der Waals surface area (Å²) in [6, 6.07) is 7.97. The number of nitrogens with one attached hydrogen (secondary N) is 2. The quantitative estimate of drug-likeness (QED) is 0.885. The lowest BCUT2D eigenvalue weighted by Crippen LogP contribution is -2.45. The number of carbonyl (C=O) groups excluding carboxylic acids is 1. The van der Waals surface area contributed by atoms with Gasteiger partial charge in [0.1, 0.15) is 0 Å². The van der Waals surface area contributed by atoms with Crippen LogP contribution in [0.15, 0.2) is 24.3 Å². The van der Waals surface area contributed by atoms with Crippen molar-refractivity contribution in [3.63, 3.8) is 0 Å². The van der Waals surface area contributed by atoms with Gasteiger partial charge in [0, 0.05) is 12.2 Å². The van der Waals surface area contributed by atoms with E-state index in [1.165, 1.54) is 5.56 Å². The molecule has 1 aromatic rings. The molecule has 0 saturated heterocycles. The van der Waals surface area contributed by atoms with Crippen LogP contribution in [0.25, 0.3) is 0 Å². The Morgan fingerprint density at radius 1 is 1.35 bits per heavy atom. The van der Waals surface area contributed by atoms with Crippen molar-refractivity contribution in [1.82, 2.24) is 5.32 Å². The molecule has 2 rings (SSSR count). The Balaban J connectivity index is 2.00. The molecule has 0 bridgehead atoms. The third kappa shape index (κ3) is 3.40. The van der Waals surface area contributed by atoms with Crippen molar-refractivity contribution in [2.45, 2.75) is 46.6 Å². The van der Waals surface area contributed by atoms with E-state index in [1.54, 1.807) is 0 Å². The van der Waals surface area contributed by atoms with Crippen molar-refractivity contribution in [2.24, 2.45) is 11.3 Å². The summed E-state index contributed by atoms with van der Waals surface area (Å²) in [5, 5.41) is 6.49. The lowest BCUT2D eigenvalue weighted by atomic mass is 9.81. The van der Waals surface area contributed by atoms with E-state index in [-0.39, 0.29) is 17.4 Å². The molecular weight excluding hydrogens is 248 g/mol. The van der Waals surface area contributed by atoms with Gasteiger partial charge in [0.05, 0.1) is 6.04 Å². The maximum Gasteiger partial charge on any atom is 0.241 e. The fourth-order valence-electron chi connectivity index (χ4n) is 2.30. The molecule has 1 amide bonds. The number of amides is 1. The first-order chi connectivity index (χ1) is 9.40. The molecule has 1 heterocycles. The maximum absolute atomic E-state index is 12.3. The Morgan fingerprint density at radius 2 is 2.05 bits per heavy atom. The predicted molar refractivity (Wildman–Crippen MR) is 83.8 cm³/mol. The van der Waals surface area contributed by atoms with Gasteiger partial charge in [0.25, 0.3) is 0 Å². The normalized spacial score (nSPS) is 19.4. The Bertz CT molecular complexity index is 480. The number of para-hydroxylation sites is 1. The average Bonchev–Trinajstić information content (AvgIpc) is 2.55. The van der Waals surface area contributed by atoms with Crippen molar-refractivity contribution in [2.75, 3.05) is 11.9 Å². The summed E-state index contributed by atoms with van der Waals surface area (Å²) < 4.78 is 0. The highest BCUT2D eigenvalue weighted by molar-refractivity contribution is 5.96. The van der Waals surface area contributed by atoms with Crippen LogP contribution in [0.2, 0.25) is 0 Å². The number of rotatable bonds is 4. The first kappa shape index (κ1) is 15.0. The molecule has 1 aliphatic heterocycles. The number of aryl methyl sites for hydroxylation is 1. The molecule has 0 aliphatic carbocycles. The van der Waals surface area contributed by atoms with Crippen LogP contribution in [0.5, 0.6) is 0 Å². The van der Waals surface area contributed by atoms with Gasteiger partial charge in [0.15, 0.2) is 0 Å². The lowest BCUT2D eigenvalue weighted by Gasteiger charge is -2.31. The van der Waals surface area contributed by atoms with Crippen LogP contribution in [-0.4, -0.2) is 18.5 Å². The number of fused-ring (bicyclic) bond motifs is 1. The Labute approximate surface area is 122 Å². The van der Waals surface area contributed by atoms with E-state index in [1.807, 2.05) is 18.2 Å². The van der Waals surface area contributed by atoms with Gasteiger partial charge in [0.2, 0.25) is 5.91 Å². The van der Waals surface area contributed by atoms with Crippen molar-refractivity contribution in [1.29, 1.82) is 0 Å². The van der Waals surface area contributed by atoms with E-state index in [0.29, 0.717) is 5.92 Å². The minimum absolute atomic E-state index is 0.0921. The number of benzene rings is 1. The molecule has 0 aromatic heterocycles. The summed E-state index contributed by atoms with van der Waals surface area (Å²) in [4.78, 5) is 12.3. The predicted octanol–water partition coefficient (Wildman–Crippen LogP) is 3.21. The van der Waals surface area contributed by atoms with Gasteiger partial charge in [-0.3, -0.25) is 4.79 Å². The van der Waals surface area contributed by atoms with Gasteiger partial charge in [-0.15, -0.1) is 0 Å². The van der Waals surface area contributed by atoms with Crippen LogP contribution in [0.1, 0.15) is 39.7 Å². The molecule has 20 heavy (non-hydrogen) atoms. The van der Waals surface area contributed by atoms with E-state index in [4.69, 9.17) is 0 Å². The average molecular weight is 274 g/mol. The summed E-state index contributed by atoms with van der Waals surface area (Å²) in [6.07, 6.45) is 1.80. The fourth-order valence-corrected chi connectivity index (χ4v) is 2.30. The Morgan fingerprint density at radius 3 is 2.75 bits per heavy atom. The second kappa shape index (κ2) is 5.96. The second-order valence-corrected chi connectivity index (χ2v) is 6.76. The first-order valence-electron chi connectivity index (χ1n) is 7.52. The van der Waals surface area contributed by atoms with Gasteiger partial charge >= 0.3 is 0 Å². The third-order valence-corrected chi connectivity index (χ3v) is 4.66. The summed E-state index contributed by atoms with van der Waals surface area (Å²) in [5.74, 6) is 0.676.